The van der Waals surface area contributed by atoms with Crippen LogP contribution in [-0.2, 0) is 17.6 Å². The predicted molar refractivity (Wildman–Crippen MR) is 128 cm³/mol. The molecule has 0 unspecified atom stereocenters. The summed E-state index contributed by atoms with van der Waals surface area (Å²) in [5.41, 5.74) is 3.96. The lowest BCUT2D eigenvalue weighted by Gasteiger charge is -2.33. The van der Waals surface area contributed by atoms with E-state index in [-0.39, 0.29) is 17.1 Å². The van der Waals surface area contributed by atoms with E-state index < -0.39 is 0 Å². The standard InChI is InChI=1S/C24H26N4O2S2/c1-14-5-7-15(8-6-14)21-27-28-23(30-21)31-13-20(29)26-22-18(12-25)17-10-9-16(24(2,3)4)11-19(17)32-22/h5-8,16H,9-11,13H2,1-4H3,(H,26,29)/t16-/m1/s1. The molecule has 2 aromatic heterocycles. The van der Waals surface area contributed by atoms with Gasteiger partial charge in [-0.1, -0.05) is 50.2 Å². The number of amides is 1. The number of nitriles is 1. The Morgan fingerprint density at radius 2 is 2.06 bits per heavy atom. The molecule has 0 aliphatic heterocycles. The summed E-state index contributed by atoms with van der Waals surface area (Å²) >= 11 is 2.73. The molecular weight excluding hydrogens is 440 g/mol. The van der Waals surface area contributed by atoms with Crippen molar-refractivity contribution in [2.45, 2.75) is 52.2 Å². The molecule has 1 aliphatic rings. The number of fused-ring (bicyclic) bond motifs is 1. The van der Waals surface area contributed by atoms with E-state index in [0.29, 0.717) is 27.6 Å². The van der Waals surface area contributed by atoms with E-state index in [9.17, 15) is 10.1 Å². The van der Waals surface area contributed by atoms with Gasteiger partial charge >= 0.3 is 0 Å². The molecule has 1 amide bonds. The molecule has 0 saturated carbocycles. The van der Waals surface area contributed by atoms with Gasteiger partial charge < -0.3 is 9.73 Å². The topological polar surface area (TPSA) is 91.8 Å². The fourth-order valence-corrected chi connectivity index (χ4v) is 5.76. The number of hydrogen-bond donors (Lipinski definition) is 1. The van der Waals surface area contributed by atoms with Crippen LogP contribution in [0.5, 0.6) is 0 Å². The van der Waals surface area contributed by atoms with E-state index in [1.165, 1.54) is 16.6 Å². The van der Waals surface area contributed by atoms with Crippen LogP contribution in [-0.4, -0.2) is 21.9 Å². The van der Waals surface area contributed by atoms with E-state index in [0.717, 1.165) is 36.0 Å². The number of anilines is 1. The monoisotopic (exact) mass is 466 g/mol. The van der Waals surface area contributed by atoms with Crippen LogP contribution in [0.2, 0.25) is 0 Å². The molecule has 0 saturated heterocycles. The normalized spacial score (nSPS) is 15.8. The molecular formula is C24H26N4O2S2. The number of carbonyl (C=O) groups is 1. The molecule has 1 N–H and O–H groups in total. The lowest BCUT2D eigenvalue weighted by Crippen LogP contribution is -2.26. The van der Waals surface area contributed by atoms with Crippen LogP contribution in [0.1, 0.15) is 48.8 Å². The van der Waals surface area contributed by atoms with Gasteiger partial charge in [0.2, 0.25) is 11.8 Å². The minimum atomic E-state index is -0.187. The number of thiophene rings is 1. The predicted octanol–water partition coefficient (Wildman–Crippen LogP) is 5.86. The molecule has 1 aromatic carbocycles. The molecule has 8 heteroatoms. The average molecular weight is 467 g/mol. The maximum Gasteiger partial charge on any atom is 0.277 e. The zero-order valence-corrected chi connectivity index (χ0v) is 20.3. The van der Waals surface area contributed by atoms with Gasteiger partial charge in [-0.2, -0.15) is 5.26 Å². The minimum Gasteiger partial charge on any atom is -0.411 e. The van der Waals surface area contributed by atoms with Crippen molar-refractivity contribution in [3.05, 3.63) is 45.8 Å². The number of carbonyl (C=O) groups excluding carboxylic acids is 1. The second-order valence-electron chi connectivity index (χ2n) is 9.20. The van der Waals surface area contributed by atoms with Crippen molar-refractivity contribution < 1.29 is 9.21 Å². The molecule has 0 spiro atoms. The van der Waals surface area contributed by atoms with Crippen LogP contribution in [0.25, 0.3) is 11.5 Å². The van der Waals surface area contributed by atoms with Crippen LogP contribution < -0.4 is 5.32 Å². The van der Waals surface area contributed by atoms with E-state index in [2.05, 4.69) is 42.4 Å². The number of hydrogen-bond acceptors (Lipinski definition) is 7. The third kappa shape index (κ3) is 4.89. The Bertz CT molecular complexity index is 1170. The molecule has 3 aromatic rings. The van der Waals surface area contributed by atoms with Crippen LogP contribution in [0, 0.1) is 29.6 Å². The number of aryl methyl sites for hydroxylation is 1. The Morgan fingerprint density at radius 1 is 1.31 bits per heavy atom. The average Bonchev–Trinajstić information content (AvgIpc) is 3.35. The second kappa shape index (κ2) is 9.08. The second-order valence-corrected chi connectivity index (χ2v) is 11.2. The van der Waals surface area contributed by atoms with Crippen LogP contribution >= 0.6 is 23.1 Å². The Labute approximate surface area is 196 Å². The number of aromatic nitrogens is 2. The largest absolute Gasteiger partial charge is 0.411 e. The number of thioether (sulfide) groups is 1. The molecule has 32 heavy (non-hydrogen) atoms. The van der Waals surface area contributed by atoms with Gasteiger partial charge in [-0.3, -0.25) is 4.79 Å². The summed E-state index contributed by atoms with van der Waals surface area (Å²) in [5, 5.41) is 21.7. The summed E-state index contributed by atoms with van der Waals surface area (Å²) in [6.07, 6.45) is 2.93. The molecule has 166 valence electrons. The number of nitrogens with one attached hydrogen (secondary N) is 1. The Hall–Kier alpha value is -2.63. The summed E-state index contributed by atoms with van der Waals surface area (Å²) in [6.45, 7) is 8.82. The lowest BCUT2D eigenvalue weighted by atomic mass is 9.72. The molecule has 0 bridgehead atoms. The van der Waals surface area contributed by atoms with E-state index in [1.54, 1.807) is 11.3 Å². The molecule has 4 rings (SSSR count). The first-order valence-electron chi connectivity index (χ1n) is 10.6. The highest BCUT2D eigenvalue weighted by atomic mass is 32.2. The van der Waals surface area contributed by atoms with Gasteiger partial charge in [-0.15, -0.1) is 21.5 Å². The Balaban J connectivity index is 1.39. The zero-order chi connectivity index (χ0) is 22.9. The fraction of sp³-hybridized carbons (Fsp3) is 0.417. The van der Waals surface area contributed by atoms with Crippen LogP contribution in [0.4, 0.5) is 5.00 Å². The van der Waals surface area contributed by atoms with E-state index >= 15 is 0 Å². The highest BCUT2D eigenvalue weighted by molar-refractivity contribution is 7.99. The van der Waals surface area contributed by atoms with Gasteiger partial charge in [-0.25, -0.2) is 0 Å². The summed E-state index contributed by atoms with van der Waals surface area (Å²) in [4.78, 5) is 13.8. The minimum absolute atomic E-state index is 0.133. The smallest absolute Gasteiger partial charge is 0.277 e. The first-order chi connectivity index (χ1) is 15.2. The molecule has 0 radical (unpaired) electrons. The maximum absolute atomic E-state index is 12.6. The van der Waals surface area contributed by atoms with Crippen molar-refractivity contribution in [2.75, 3.05) is 11.1 Å². The SMILES string of the molecule is Cc1ccc(-c2nnc(SCC(=O)Nc3sc4c(c3C#N)CC[C@@H](C(C)(C)C)C4)o2)cc1. The highest BCUT2D eigenvalue weighted by Crippen LogP contribution is 2.44. The third-order valence-corrected chi connectivity index (χ3v) is 7.87. The fourth-order valence-electron chi connectivity index (χ4n) is 3.90. The molecule has 1 aliphatic carbocycles. The van der Waals surface area contributed by atoms with Gasteiger partial charge in [0, 0.05) is 10.4 Å². The van der Waals surface area contributed by atoms with Gasteiger partial charge in [0.15, 0.2) is 0 Å². The Morgan fingerprint density at radius 3 is 2.75 bits per heavy atom. The number of rotatable bonds is 5. The molecule has 0 fully saturated rings. The summed E-state index contributed by atoms with van der Waals surface area (Å²) in [7, 11) is 0. The van der Waals surface area contributed by atoms with Crippen LogP contribution in [0.3, 0.4) is 0 Å². The van der Waals surface area contributed by atoms with E-state index in [1.807, 2.05) is 31.2 Å². The van der Waals surface area contributed by atoms with Crippen molar-refractivity contribution in [2.24, 2.45) is 11.3 Å². The van der Waals surface area contributed by atoms with Gasteiger partial charge in [0.05, 0.1) is 11.3 Å². The molecule has 6 nitrogen and oxygen atoms in total. The van der Waals surface area contributed by atoms with E-state index in [4.69, 9.17) is 4.42 Å². The number of benzene rings is 1. The first kappa shape index (κ1) is 22.6. The van der Waals surface area contributed by atoms with Crippen molar-refractivity contribution in [1.29, 1.82) is 5.26 Å². The molecule has 2 heterocycles. The Kier molecular flexibility index (Phi) is 6.40. The number of nitrogens with zero attached hydrogens (tertiary/aromatic N) is 3. The van der Waals surface area contributed by atoms with Gasteiger partial charge in [0.25, 0.3) is 5.22 Å². The maximum atomic E-state index is 12.6. The summed E-state index contributed by atoms with van der Waals surface area (Å²) < 4.78 is 5.68. The van der Waals surface area contributed by atoms with Gasteiger partial charge in [0.1, 0.15) is 11.1 Å². The van der Waals surface area contributed by atoms with Crippen LogP contribution in [0.15, 0.2) is 33.9 Å². The summed E-state index contributed by atoms with van der Waals surface area (Å²) in [5.74, 6) is 0.958. The van der Waals surface area contributed by atoms with Crippen molar-refractivity contribution in [1.82, 2.24) is 10.2 Å². The summed E-state index contributed by atoms with van der Waals surface area (Å²) in [6, 6.07) is 10.1. The highest BCUT2D eigenvalue weighted by Gasteiger charge is 2.32. The van der Waals surface area contributed by atoms with Crippen molar-refractivity contribution in [3.63, 3.8) is 0 Å². The van der Waals surface area contributed by atoms with Gasteiger partial charge in [-0.05, 0) is 55.2 Å². The van der Waals surface area contributed by atoms with Crippen molar-refractivity contribution in [3.8, 4) is 17.5 Å². The zero-order valence-electron chi connectivity index (χ0n) is 18.7. The molecule has 1 atom stereocenters. The lowest BCUT2D eigenvalue weighted by molar-refractivity contribution is -0.113. The third-order valence-electron chi connectivity index (χ3n) is 5.89. The van der Waals surface area contributed by atoms with Crippen molar-refractivity contribution >= 4 is 34.0 Å². The first-order valence-corrected chi connectivity index (χ1v) is 12.4. The quantitative estimate of drug-likeness (QED) is 0.474.